The van der Waals surface area contributed by atoms with Gasteiger partial charge in [0.15, 0.2) is 11.0 Å². The first-order valence-corrected chi connectivity index (χ1v) is 10.6. The van der Waals surface area contributed by atoms with E-state index in [0.717, 1.165) is 0 Å². The van der Waals surface area contributed by atoms with Crippen molar-refractivity contribution in [3.8, 4) is 0 Å². The van der Waals surface area contributed by atoms with Crippen molar-refractivity contribution in [2.75, 3.05) is 11.1 Å². The summed E-state index contributed by atoms with van der Waals surface area (Å²) in [5.74, 6) is 0.0311. The molecule has 0 unspecified atom stereocenters. The molecule has 1 fully saturated rings. The molecule has 2 aromatic heterocycles. The van der Waals surface area contributed by atoms with Gasteiger partial charge in [0.2, 0.25) is 17.4 Å². The Kier molecular flexibility index (Phi) is 5.38. The molecular weight excluding hydrogens is 438 g/mol. The van der Waals surface area contributed by atoms with Gasteiger partial charge in [-0.3, -0.25) is 29.2 Å². The van der Waals surface area contributed by atoms with E-state index < -0.39 is 22.4 Å². The van der Waals surface area contributed by atoms with Crippen LogP contribution in [0, 0.1) is 0 Å². The number of aromatic nitrogens is 4. The Morgan fingerprint density at radius 3 is 2.97 bits per heavy atom. The van der Waals surface area contributed by atoms with Gasteiger partial charge in [0.05, 0.1) is 12.1 Å². The molecule has 2 aliphatic rings. The average Bonchev–Trinajstić information content (AvgIpc) is 3.37. The Balaban J connectivity index is 1.46. The number of H-pyrrole nitrogens is 1. The number of thioether (sulfide) groups is 1. The highest BCUT2D eigenvalue weighted by molar-refractivity contribution is 8.00. The summed E-state index contributed by atoms with van der Waals surface area (Å²) in [5, 5.41) is 12.6. The summed E-state index contributed by atoms with van der Waals surface area (Å²) in [6, 6.07) is -0.752. The average molecular weight is 452 g/mol. The van der Waals surface area contributed by atoms with Gasteiger partial charge in [-0.05, 0) is 0 Å². The number of rotatable bonds is 7. The molecule has 2 aliphatic heterocycles. The summed E-state index contributed by atoms with van der Waals surface area (Å²) in [5.41, 5.74) is 1.17. The molecule has 14 heteroatoms. The van der Waals surface area contributed by atoms with Gasteiger partial charge in [0, 0.05) is 16.7 Å². The zero-order valence-electron chi connectivity index (χ0n) is 14.5. The molecule has 3 N–H and O–H groups in total. The first-order valence-electron chi connectivity index (χ1n) is 8.20. The highest BCUT2D eigenvalue weighted by Crippen LogP contribution is 2.43. The second-order valence-corrected chi connectivity index (χ2v) is 8.37. The number of fused-ring (bicyclic) bond motifs is 1. The van der Waals surface area contributed by atoms with Gasteiger partial charge >= 0.3 is 0 Å². The van der Waals surface area contributed by atoms with Gasteiger partial charge in [-0.2, -0.15) is 5.10 Å². The third-order valence-electron chi connectivity index (χ3n) is 4.26. The lowest BCUT2D eigenvalue weighted by Gasteiger charge is -2.49. The lowest BCUT2D eigenvalue weighted by molar-refractivity contribution is -0.146. The van der Waals surface area contributed by atoms with Gasteiger partial charge in [-0.25, -0.2) is 9.97 Å². The SMILES string of the molecule is O=CNc1nc(CC(=O)N[C@@H]2C(=O)N3C(C(=O)S)=C(c4ncn[nH]4)CS[C@H]23)cs1. The van der Waals surface area contributed by atoms with Gasteiger partial charge in [-0.1, -0.05) is 12.6 Å². The monoisotopic (exact) mass is 451 g/mol. The number of carbonyl (C=O) groups excluding carboxylic acids is 4. The highest BCUT2D eigenvalue weighted by Gasteiger charge is 2.54. The van der Waals surface area contributed by atoms with E-state index in [4.69, 9.17) is 0 Å². The fourth-order valence-corrected chi connectivity index (χ4v) is 5.30. The van der Waals surface area contributed by atoms with Crippen LogP contribution in [0.4, 0.5) is 5.13 Å². The molecule has 0 aliphatic carbocycles. The van der Waals surface area contributed by atoms with Crippen LogP contribution in [0.3, 0.4) is 0 Å². The van der Waals surface area contributed by atoms with Crippen LogP contribution < -0.4 is 10.6 Å². The number of anilines is 1. The fraction of sp³-hybridized carbons (Fsp3) is 0.267. The normalized spacial score (nSPS) is 20.7. The maximum atomic E-state index is 12.7. The predicted octanol–water partition coefficient (Wildman–Crippen LogP) is -0.360. The largest absolute Gasteiger partial charge is 0.341 e. The molecule has 2 atom stereocenters. The summed E-state index contributed by atoms with van der Waals surface area (Å²) in [6.45, 7) is 0. The topological polar surface area (TPSA) is 150 Å². The van der Waals surface area contributed by atoms with Crippen molar-refractivity contribution in [2.45, 2.75) is 17.8 Å². The third kappa shape index (κ3) is 3.65. The van der Waals surface area contributed by atoms with Crippen LogP contribution in [0.5, 0.6) is 0 Å². The number of carbonyl (C=O) groups is 4. The molecule has 2 aromatic rings. The Morgan fingerprint density at radius 2 is 2.28 bits per heavy atom. The number of hydrogen-bond acceptors (Lipinski definition) is 9. The van der Waals surface area contributed by atoms with Crippen molar-refractivity contribution in [3.63, 3.8) is 0 Å². The quantitative estimate of drug-likeness (QED) is 0.253. The Labute approximate surface area is 177 Å². The fourth-order valence-electron chi connectivity index (χ4n) is 3.05. The van der Waals surface area contributed by atoms with Crippen LogP contribution in [0.1, 0.15) is 11.5 Å². The minimum Gasteiger partial charge on any atom is -0.341 e. The van der Waals surface area contributed by atoms with Crippen LogP contribution in [-0.2, 0) is 25.6 Å². The first-order chi connectivity index (χ1) is 14.0. The molecule has 0 saturated carbocycles. The van der Waals surface area contributed by atoms with E-state index in [-0.39, 0.29) is 18.0 Å². The molecule has 29 heavy (non-hydrogen) atoms. The van der Waals surface area contributed by atoms with E-state index in [1.165, 1.54) is 34.3 Å². The van der Waals surface area contributed by atoms with E-state index >= 15 is 0 Å². The second-order valence-electron chi connectivity index (χ2n) is 6.00. The van der Waals surface area contributed by atoms with Crippen molar-refractivity contribution in [1.82, 2.24) is 30.4 Å². The summed E-state index contributed by atoms with van der Waals surface area (Å²) in [4.78, 5) is 57.0. The number of thiol groups is 1. The molecule has 11 nitrogen and oxygen atoms in total. The van der Waals surface area contributed by atoms with Crippen molar-refractivity contribution < 1.29 is 19.2 Å². The standard InChI is InChI=1S/C15H13N7O4S3/c23-5-17-15-19-6(2-29-15)1-8(24)20-9-12(25)22-10(14(26)27)7(3-28-13(9)22)11-16-4-18-21-11/h2,4-5,9,13H,1,3H2,(H,20,24)(H,26,27)(H,16,18,21)(H,17,19,23)/t9-,13-/m1/s1. The van der Waals surface area contributed by atoms with Crippen molar-refractivity contribution in [3.05, 3.63) is 28.9 Å². The summed E-state index contributed by atoms with van der Waals surface area (Å²) >= 11 is 6.51. The van der Waals surface area contributed by atoms with E-state index in [1.807, 2.05) is 0 Å². The molecule has 1 saturated heterocycles. The van der Waals surface area contributed by atoms with E-state index in [2.05, 4.69) is 43.4 Å². The van der Waals surface area contributed by atoms with E-state index in [1.54, 1.807) is 5.38 Å². The van der Waals surface area contributed by atoms with Gasteiger partial charge < -0.3 is 10.6 Å². The third-order valence-corrected chi connectivity index (χ3v) is 6.58. The van der Waals surface area contributed by atoms with Crippen molar-refractivity contribution in [2.24, 2.45) is 0 Å². The van der Waals surface area contributed by atoms with Gasteiger partial charge in [-0.15, -0.1) is 23.1 Å². The second kappa shape index (κ2) is 7.96. The highest BCUT2D eigenvalue weighted by atomic mass is 32.2. The Morgan fingerprint density at radius 1 is 1.45 bits per heavy atom. The molecule has 0 radical (unpaired) electrons. The number of thiazole rings is 1. The van der Waals surface area contributed by atoms with E-state index in [9.17, 15) is 19.2 Å². The molecule has 0 spiro atoms. The maximum Gasteiger partial charge on any atom is 0.253 e. The number of nitrogens with one attached hydrogen (secondary N) is 3. The lowest BCUT2D eigenvalue weighted by atomic mass is 10.0. The zero-order valence-corrected chi connectivity index (χ0v) is 17.0. The lowest BCUT2D eigenvalue weighted by Crippen LogP contribution is -2.70. The van der Waals surface area contributed by atoms with Crippen LogP contribution in [0.2, 0.25) is 0 Å². The van der Waals surface area contributed by atoms with Crippen LogP contribution in [-0.4, -0.2) is 65.6 Å². The molecule has 3 amide bonds. The zero-order chi connectivity index (χ0) is 20.5. The number of amides is 3. The number of hydrogen-bond donors (Lipinski definition) is 4. The van der Waals surface area contributed by atoms with Gasteiger partial charge in [0.25, 0.3) is 5.91 Å². The van der Waals surface area contributed by atoms with Crippen LogP contribution in [0.25, 0.3) is 5.57 Å². The minimum atomic E-state index is -0.752. The molecule has 0 bridgehead atoms. The number of β-lactam (4-membered cyclic amide) rings is 1. The maximum absolute atomic E-state index is 12.7. The summed E-state index contributed by atoms with van der Waals surface area (Å²) < 4.78 is 0. The van der Waals surface area contributed by atoms with Gasteiger partial charge in [0.1, 0.15) is 23.4 Å². The summed E-state index contributed by atoms with van der Waals surface area (Å²) in [7, 11) is 0. The van der Waals surface area contributed by atoms with Crippen molar-refractivity contribution in [1.29, 1.82) is 0 Å². The minimum absolute atomic E-state index is 0.0320. The molecule has 0 aromatic carbocycles. The number of nitrogens with zero attached hydrogens (tertiary/aromatic N) is 4. The number of aromatic amines is 1. The summed E-state index contributed by atoms with van der Waals surface area (Å²) in [6.07, 6.45) is 1.79. The van der Waals surface area contributed by atoms with Crippen LogP contribution >= 0.6 is 35.7 Å². The van der Waals surface area contributed by atoms with Crippen molar-refractivity contribution >= 4 is 69.8 Å². The van der Waals surface area contributed by atoms with Crippen LogP contribution in [0.15, 0.2) is 17.4 Å². The molecular formula is C15H13N7O4S3. The Hall–Kier alpha value is -2.71. The predicted molar refractivity (Wildman–Crippen MR) is 108 cm³/mol. The molecule has 150 valence electrons. The Bertz CT molecular complexity index is 1020. The first kappa shape index (κ1) is 19.6. The molecule has 4 rings (SSSR count). The smallest absolute Gasteiger partial charge is 0.253 e. The van der Waals surface area contributed by atoms with E-state index in [0.29, 0.717) is 34.4 Å². The molecule has 4 heterocycles.